The average molecular weight is 639 g/mol. The van der Waals surface area contributed by atoms with Crippen LogP contribution in [0.4, 0.5) is 0 Å². The molecular weight excluding hydrogens is 596 g/mol. The Kier molecular flexibility index (Phi) is 11.2. The van der Waals surface area contributed by atoms with Crippen molar-refractivity contribution in [3.05, 3.63) is 11.9 Å². The van der Waals surface area contributed by atoms with E-state index < -0.39 is 112 Å². The van der Waals surface area contributed by atoms with E-state index in [-0.39, 0.29) is 6.04 Å². The van der Waals surface area contributed by atoms with Crippen LogP contribution in [0, 0.1) is 0 Å². The van der Waals surface area contributed by atoms with E-state index in [9.17, 15) is 51.1 Å². The molecule has 0 bridgehead atoms. The van der Waals surface area contributed by atoms with Crippen molar-refractivity contribution in [2.45, 2.75) is 117 Å². The van der Waals surface area contributed by atoms with E-state index >= 15 is 0 Å². The summed E-state index contributed by atoms with van der Waals surface area (Å²) in [6.07, 6.45) is -20.4. The summed E-state index contributed by atoms with van der Waals surface area (Å²) in [5.74, 6) is 0. The lowest BCUT2D eigenvalue weighted by Gasteiger charge is -2.48. The molecule has 4 aliphatic rings. The summed E-state index contributed by atoms with van der Waals surface area (Å²) in [6.45, 7) is -1.35. The Labute approximate surface area is 251 Å². The quantitative estimate of drug-likeness (QED) is 0.113. The fourth-order valence-electron chi connectivity index (χ4n) is 5.98. The summed E-state index contributed by atoms with van der Waals surface area (Å²) < 4.78 is 29.1. The lowest BCUT2D eigenvalue weighted by Crippen LogP contribution is -2.66. The monoisotopic (exact) mass is 638 g/mol. The first-order chi connectivity index (χ1) is 21.1. The maximum atomic E-state index is 11.2. The topological polar surface area (TPSA) is 291 Å². The van der Waals surface area contributed by atoms with Gasteiger partial charge in [0.05, 0.1) is 31.7 Å². The van der Waals surface area contributed by atoms with Crippen LogP contribution in [0.1, 0.15) is 24.8 Å². The molecule has 1 aromatic rings. The minimum absolute atomic E-state index is 0.221. The van der Waals surface area contributed by atoms with Gasteiger partial charge in [-0.3, -0.25) is 0 Å². The Balaban J connectivity index is 1.32. The molecule has 0 radical (unpaired) electrons. The Morgan fingerprint density at radius 3 is 1.89 bits per heavy atom. The van der Waals surface area contributed by atoms with Crippen molar-refractivity contribution in [3.8, 4) is 0 Å². The van der Waals surface area contributed by atoms with Gasteiger partial charge in [0.25, 0.3) is 0 Å². The summed E-state index contributed by atoms with van der Waals surface area (Å²) in [5.41, 5.74) is 0.614. The van der Waals surface area contributed by atoms with Crippen molar-refractivity contribution in [2.24, 2.45) is 0 Å². The maximum absolute atomic E-state index is 11.2. The standard InChI is InChI=1S/C25H42N4O15/c30-6-11-14(33)17(36)18(37)24(41-11)44-22-16(35)13(8-32)42-25(20(22)39)43-21-15(34)12(7-31)40-23(19(21)38)29-5-10(27-28-29)4-9-2-1-3-26-9/h5,9,11-26,30-39H,1-4,6-8H2/t9?,11?,12?,13?,14-,15-,16-,17?,18?,19?,20?,21?,22?,23-,24+,25+/m1/s1. The van der Waals surface area contributed by atoms with Gasteiger partial charge in [-0.1, -0.05) is 5.21 Å². The zero-order valence-electron chi connectivity index (χ0n) is 23.6. The summed E-state index contributed by atoms with van der Waals surface area (Å²) >= 11 is 0. The van der Waals surface area contributed by atoms with Gasteiger partial charge in [0.1, 0.15) is 73.2 Å². The molecule has 0 aromatic carbocycles. The largest absolute Gasteiger partial charge is 0.394 e. The second-order valence-corrected chi connectivity index (χ2v) is 11.5. The Bertz CT molecular complexity index is 1050. The first kappa shape index (κ1) is 33.9. The van der Waals surface area contributed by atoms with Gasteiger partial charge in [-0.15, -0.1) is 5.10 Å². The van der Waals surface area contributed by atoms with Crippen LogP contribution in [0.15, 0.2) is 6.20 Å². The molecule has 10 unspecified atom stereocenters. The van der Waals surface area contributed by atoms with Crippen molar-refractivity contribution >= 4 is 0 Å². The number of rotatable bonds is 10. The third kappa shape index (κ3) is 6.79. The maximum Gasteiger partial charge on any atom is 0.187 e. The SMILES string of the molecule is OCC1O[C@@H](OC2C(O)[C@H](OC3C(O)[C@H](n4cc(CC5CCCN5)nn4)OC(CO)[C@H]3O)OC(CO)[C@H]2O)C(O)C(O)[C@@H]1O. The first-order valence-electron chi connectivity index (χ1n) is 14.6. The lowest BCUT2D eigenvalue weighted by molar-refractivity contribution is -0.376. The Hall–Kier alpha value is -1.50. The zero-order valence-corrected chi connectivity index (χ0v) is 23.6. The predicted molar refractivity (Wildman–Crippen MR) is 139 cm³/mol. The predicted octanol–water partition coefficient (Wildman–Crippen LogP) is -6.81. The van der Waals surface area contributed by atoms with Crippen LogP contribution in [0.2, 0.25) is 0 Å². The molecule has 4 saturated heterocycles. The van der Waals surface area contributed by atoms with Crippen LogP contribution >= 0.6 is 0 Å². The molecule has 5 heterocycles. The highest BCUT2D eigenvalue weighted by Crippen LogP contribution is 2.34. The van der Waals surface area contributed by atoms with E-state index in [1.807, 2.05) is 0 Å². The van der Waals surface area contributed by atoms with E-state index in [1.54, 1.807) is 6.20 Å². The van der Waals surface area contributed by atoms with Crippen LogP contribution in [0.25, 0.3) is 0 Å². The van der Waals surface area contributed by atoms with E-state index in [0.29, 0.717) is 12.1 Å². The molecule has 4 fully saturated rings. The van der Waals surface area contributed by atoms with E-state index in [4.69, 9.17) is 23.7 Å². The van der Waals surface area contributed by atoms with Crippen LogP contribution in [0.5, 0.6) is 0 Å². The van der Waals surface area contributed by atoms with E-state index in [0.717, 1.165) is 19.4 Å². The van der Waals surface area contributed by atoms with Crippen molar-refractivity contribution in [1.29, 1.82) is 0 Å². The lowest BCUT2D eigenvalue weighted by atomic mass is 9.95. The molecule has 19 heteroatoms. The molecule has 19 nitrogen and oxygen atoms in total. The number of aromatic nitrogens is 3. The molecule has 16 atom stereocenters. The number of hydrogen-bond donors (Lipinski definition) is 11. The van der Waals surface area contributed by atoms with Gasteiger partial charge in [-0.05, 0) is 19.4 Å². The molecule has 252 valence electrons. The molecule has 0 aliphatic carbocycles. The van der Waals surface area contributed by atoms with Gasteiger partial charge in [-0.2, -0.15) is 0 Å². The fourth-order valence-corrected chi connectivity index (χ4v) is 5.98. The molecular formula is C25H42N4O15. The normalized spacial score (nSPS) is 46.8. The number of ether oxygens (including phenoxy) is 5. The molecule has 4 aliphatic heterocycles. The van der Waals surface area contributed by atoms with Crippen molar-refractivity contribution < 1.29 is 74.7 Å². The van der Waals surface area contributed by atoms with Gasteiger partial charge in [0.15, 0.2) is 18.8 Å². The number of aliphatic hydroxyl groups excluding tert-OH is 10. The molecule has 0 amide bonds. The van der Waals surface area contributed by atoms with Gasteiger partial charge in [0.2, 0.25) is 0 Å². The molecule has 0 spiro atoms. The van der Waals surface area contributed by atoms with Crippen LogP contribution in [-0.2, 0) is 30.1 Å². The second kappa shape index (κ2) is 14.5. The number of nitrogens with one attached hydrogen (secondary N) is 1. The highest BCUT2D eigenvalue weighted by Gasteiger charge is 2.54. The minimum Gasteiger partial charge on any atom is -0.394 e. The molecule has 44 heavy (non-hydrogen) atoms. The molecule has 5 rings (SSSR count). The number of aliphatic hydroxyl groups is 10. The van der Waals surface area contributed by atoms with Gasteiger partial charge < -0.3 is 80.1 Å². The van der Waals surface area contributed by atoms with Gasteiger partial charge in [-0.25, -0.2) is 4.68 Å². The van der Waals surface area contributed by atoms with Crippen molar-refractivity contribution in [2.75, 3.05) is 26.4 Å². The third-order valence-electron chi connectivity index (χ3n) is 8.53. The van der Waals surface area contributed by atoms with Crippen molar-refractivity contribution in [1.82, 2.24) is 20.3 Å². The summed E-state index contributed by atoms with van der Waals surface area (Å²) in [6, 6.07) is 0.221. The molecule has 0 saturated carbocycles. The third-order valence-corrected chi connectivity index (χ3v) is 8.53. The highest BCUT2D eigenvalue weighted by molar-refractivity contribution is 5.01. The average Bonchev–Trinajstić information content (AvgIpc) is 3.71. The second-order valence-electron chi connectivity index (χ2n) is 11.5. The van der Waals surface area contributed by atoms with Crippen LogP contribution in [-0.4, -0.2) is 184 Å². The van der Waals surface area contributed by atoms with Crippen LogP contribution in [0.3, 0.4) is 0 Å². The van der Waals surface area contributed by atoms with Gasteiger partial charge in [0, 0.05) is 12.5 Å². The molecule has 11 N–H and O–H groups in total. The minimum atomic E-state index is -1.91. The summed E-state index contributed by atoms with van der Waals surface area (Å²) in [4.78, 5) is 0. The zero-order chi connectivity index (χ0) is 31.7. The Morgan fingerprint density at radius 2 is 1.30 bits per heavy atom. The Morgan fingerprint density at radius 1 is 0.727 bits per heavy atom. The summed E-state index contributed by atoms with van der Waals surface area (Å²) in [7, 11) is 0. The fraction of sp³-hybridized carbons (Fsp3) is 0.920. The van der Waals surface area contributed by atoms with Crippen LogP contribution < -0.4 is 5.32 Å². The van der Waals surface area contributed by atoms with Gasteiger partial charge >= 0.3 is 0 Å². The summed E-state index contributed by atoms with van der Waals surface area (Å²) in [5, 5.41) is 115. The highest BCUT2D eigenvalue weighted by atomic mass is 16.7. The molecule has 1 aromatic heterocycles. The van der Waals surface area contributed by atoms with E-state index in [2.05, 4.69) is 15.6 Å². The number of hydrogen-bond acceptors (Lipinski definition) is 18. The van der Waals surface area contributed by atoms with E-state index in [1.165, 1.54) is 4.68 Å². The first-order valence-corrected chi connectivity index (χ1v) is 14.6. The smallest absolute Gasteiger partial charge is 0.187 e. The number of nitrogens with zero attached hydrogens (tertiary/aromatic N) is 3. The van der Waals surface area contributed by atoms with Crippen molar-refractivity contribution in [3.63, 3.8) is 0 Å².